The van der Waals surface area contributed by atoms with Crippen LogP contribution in [0.2, 0.25) is 30.8 Å². The van der Waals surface area contributed by atoms with E-state index in [0.29, 0.717) is 4.66 Å². The van der Waals surface area contributed by atoms with Crippen LogP contribution in [-0.4, -0.2) is 34.7 Å². The first-order valence-electron chi connectivity index (χ1n) is 5.92. The van der Waals surface area contributed by atoms with E-state index in [-0.39, 0.29) is 0 Å². The van der Waals surface area contributed by atoms with E-state index in [9.17, 15) is 0 Å². The fourth-order valence-electron chi connectivity index (χ4n) is 1.85. The monoisotopic (exact) mass is 231 g/mol. The molecule has 0 aromatic rings. The molecule has 0 bridgehead atoms. The minimum atomic E-state index is -1.02. The first-order chi connectivity index (χ1) is 6.18. The summed E-state index contributed by atoms with van der Waals surface area (Å²) in [7, 11) is -1.78. The van der Waals surface area contributed by atoms with Crippen LogP contribution in [0.15, 0.2) is 0 Å². The van der Waals surface area contributed by atoms with Gasteiger partial charge in [0.15, 0.2) is 0 Å². The summed E-state index contributed by atoms with van der Waals surface area (Å²) in [6, 6.07) is 0. The summed E-state index contributed by atoms with van der Waals surface area (Å²) >= 11 is 0. The number of rotatable bonds is 5. The molecule has 3 heteroatoms. The van der Waals surface area contributed by atoms with Crippen molar-refractivity contribution in [3.63, 3.8) is 0 Å². The molecule has 0 saturated carbocycles. The maximum Gasteiger partial charge on any atom is 0.111 e. The van der Waals surface area contributed by atoms with Crippen LogP contribution in [0, 0.1) is 0 Å². The summed E-state index contributed by atoms with van der Waals surface area (Å²) in [5.74, 6) is 0. The lowest BCUT2D eigenvalue weighted by Crippen LogP contribution is -2.53. The fourth-order valence-corrected chi connectivity index (χ4v) is 9.42. The number of nitrogens with zero attached hydrogens (tertiary/aromatic N) is 1. The lowest BCUT2D eigenvalue weighted by atomic mass is 10.5. The summed E-state index contributed by atoms with van der Waals surface area (Å²) < 4.78 is 3.34. The molecule has 1 nitrogen and oxygen atoms in total. The third kappa shape index (κ3) is 2.94. The minimum Gasteiger partial charge on any atom is -0.327 e. The molecule has 0 heterocycles. The Morgan fingerprint density at radius 1 is 1.07 bits per heavy atom. The molecule has 0 aromatic carbocycles. The average Bonchev–Trinajstić information content (AvgIpc) is 2.04. The Balaban J connectivity index is 4.73. The number of hydrogen-bond donors (Lipinski definition) is 0. The van der Waals surface area contributed by atoms with Gasteiger partial charge in [-0.05, 0) is 17.8 Å². The summed E-state index contributed by atoms with van der Waals surface area (Å²) in [6.45, 7) is 22.2. The highest BCUT2D eigenvalue weighted by Crippen LogP contribution is 2.40. The van der Waals surface area contributed by atoms with E-state index in [1.807, 2.05) is 0 Å². The van der Waals surface area contributed by atoms with E-state index in [1.54, 1.807) is 0 Å². The predicted octanol–water partition coefficient (Wildman–Crippen LogP) is 3.34. The van der Waals surface area contributed by atoms with Crippen molar-refractivity contribution in [1.29, 1.82) is 0 Å². The van der Waals surface area contributed by atoms with Gasteiger partial charge in [-0.2, -0.15) is 0 Å². The SMILES string of the molecule is CCN(CC)[SiH](C)C(C)(C)[Si](C)(C)C. The van der Waals surface area contributed by atoms with Crippen molar-refractivity contribution >= 4 is 17.0 Å². The quantitative estimate of drug-likeness (QED) is 0.656. The summed E-state index contributed by atoms with van der Waals surface area (Å²) in [4.78, 5) is 0. The Hall–Kier alpha value is 0.394. The van der Waals surface area contributed by atoms with Crippen LogP contribution in [0.3, 0.4) is 0 Å². The van der Waals surface area contributed by atoms with Gasteiger partial charge in [-0.1, -0.05) is 53.9 Å². The van der Waals surface area contributed by atoms with Gasteiger partial charge in [-0.3, -0.25) is 0 Å². The standard InChI is InChI=1S/C11H29NSi2/c1-9-12(10-2)13(5)11(3,4)14(6,7)8/h13H,9-10H2,1-8H3. The van der Waals surface area contributed by atoms with Crippen LogP contribution in [0.25, 0.3) is 0 Å². The zero-order valence-electron chi connectivity index (χ0n) is 11.4. The Labute approximate surface area is 93.6 Å². The smallest absolute Gasteiger partial charge is 0.111 e. The van der Waals surface area contributed by atoms with E-state index in [2.05, 4.69) is 58.4 Å². The van der Waals surface area contributed by atoms with Crippen LogP contribution in [0.5, 0.6) is 0 Å². The average molecular weight is 232 g/mol. The molecule has 1 atom stereocenters. The van der Waals surface area contributed by atoms with Crippen molar-refractivity contribution in [1.82, 2.24) is 4.57 Å². The van der Waals surface area contributed by atoms with E-state index in [0.717, 1.165) is 0 Å². The maximum absolute atomic E-state index is 2.72. The molecule has 86 valence electrons. The molecule has 0 aliphatic carbocycles. The molecule has 0 N–H and O–H groups in total. The normalized spacial score (nSPS) is 16.1. The highest BCUT2D eigenvalue weighted by Gasteiger charge is 2.41. The highest BCUT2D eigenvalue weighted by molar-refractivity contribution is 6.90. The van der Waals surface area contributed by atoms with Gasteiger partial charge in [0, 0.05) is 8.07 Å². The molecule has 0 spiro atoms. The van der Waals surface area contributed by atoms with E-state index in [1.165, 1.54) is 13.1 Å². The predicted molar refractivity (Wildman–Crippen MR) is 73.3 cm³/mol. The Morgan fingerprint density at radius 3 is 1.64 bits per heavy atom. The lowest BCUT2D eigenvalue weighted by molar-refractivity contribution is 0.466. The van der Waals surface area contributed by atoms with Gasteiger partial charge in [-0.25, -0.2) is 0 Å². The fraction of sp³-hybridized carbons (Fsp3) is 1.00. The summed E-state index contributed by atoms with van der Waals surface area (Å²) in [5.41, 5.74) is 0. The van der Waals surface area contributed by atoms with Gasteiger partial charge in [-0.15, -0.1) is 0 Å². The molecule has 14 heavy (non-hydrogen) atoms. The van der Waals surface area contributed by atoms with Gasteiger partial charge in [0.2, 0.25) is 0 Å². The lowest BCUT2D eigenvalue weighted by Gasteiger charge is -2.45. The zero-order valence-corrected chi connectivity index (χ0v) is 13.6. The van der Waals surface area contributed by atoms with Crippen molar-refractivity contribution in [3.8, 4) is 0 Å². The second kappa shape index (κ2) is 4.95. The topological polar surface area (TPSA) is 3.24 Å². The van der Waals surface area contributed by atoms with Crippen molar-refractivity contribution in [2.45, 2.75) is 58.5 Å². The molecule has 0 rings (SSSR count). The molecule has 0 fully saturated rings. The van der Waals surface area contributed by atoms with Gasteiger partial charge < -0.3 is 4.57 Å². The molecular weight excluding hydrogens is 202 g/mol. The Morgan fingerprint density at radius 2 is 1.43 bits per heavy atom. The van der Waals surface area contributed by atoms with E-state index in [4.69, 9.17) is 0 Å². The molecule has 0 amide bonds. The Bertz CT molecular complexity index is 169. The second-order valence-electron chi connectivity index (χ2n) is 5.87. The molecule has 0 aliphatic rings. The van der Waals surface area contributed by atoms with Gasteiger partial charge in [0.25, 0.3) is 0 Å². The van der Waals surface area contributed by atoms with Crippen LogP contribution in [-0.2, 0) is 0 Å². The zero-order chi connectivity index (χ0) is 11.6. The molecule has 1 unspecified atom stereocenters. The summed E-state index contributed by atoms with van der Waals surface area (Å²) in [6.07, 6.45) is 0. The molecule has 0 radical (unpaired) electrons. The highest BCUT2D eigenvalue weighted by atomic mass is 28.4. The van der Waals surface area contributed by atoms with E-state index >= 15 is 0 Å². The van der Waals surface area contributed by atoms with Crippen LogP contribution >= 0.6 is 0 Å². The second-order valence-corrected chi connectivity index (χ2v) is 15.8. The van der Waals surface area contributed by atoms with Crippen molar-refractivity contribution in [3.05, 3.63) is 0 Å². The first kappa shape index (κ1) is 14.4. The molecule has 0 aromatic heterocycles. The van der Waals surface area contributed by atoms with Crippen molar-refractivity contribution in [2.75, 3.05) is 13.1 Å². The van der Waals surface area contributed by atoms with E-state index < -0.39 is 17.0 Å². The van der Waals surface area contributed by atoms with Gasteiger partial charge in [0.1, 0.15) is 8.96 Å². The third-order valence-electron chi connectivity index (χ3n) is 4.34. The third-order valence-corrected chi connectivity index (χ3v) is 16.0. The van der Waals surface area contributed by atoms with Crippen molar-refractivity contribution in [2.24, 2.45) is 0 Å². The molecular formula is C11H29NSi2. The van der Waals surface area contributed by atoms with Crippen LogP contribution in [0.1, 0.15) is 27.7 Å². The Kier molecular flexibility index (Phi) is 5.09. The first-order valence-corrected chi connectivity index (χ1v) is 11.7. The maximum atomic E-state index is 2.72. The van der Waals surface area contributed by atoms with Gasteiger partial charge in [0.05, 0.1) is 0 Å². The van der Waals surface area contributed by atoms with Crippen LogP contribution in [0.4, 0.5) is 0 Å². The van der Waals surface area contributed by atoms with Gasteiger partial charge >= 0.3 is 0 Å². The van der Waals surface area contributed by atoms with Crippen LogP contribution < -0.4 is 0 Å². The molecule has 0 saturated heterocycles. The minimum absolute atomic E-state index is 0.624. The number of hydrogen-bond acceptors (Lipinski definition) is 1. The molecule has 0 aliphatic heterocycles. The van der Waals surface area contributed by atoms with Crippen molar-refractivity contribution < 1.29 is 0 Å². The summed E-state index contributed by atoms with van der Waals surface area (Å²) in [5, 5.41) is 0. The largest absolute Gasteiger partial charge is 0.327 e.